The molecule has 2 aromatic carbocycles. The van der Waals surface area contributed by atoms with Crippen molar-refractivity contribution in [2.75, 3.05) is 5.73 Å². The largest absolute Gasteiger partial charge is 0.438 e. The summed E-state index contributed by atoms with van der Waals surface area (Å²) in [7, 11) is 0. The first-order valence-corrected chi connectivity index (χ1v) is 6.54. The van der Waals surface area contributed by atoms with E-state index >= 15 is 0 Å². The number of para-hydroxylation sites is 1. The van der Waals surface area contributed by atoms with Crippen LogP contribution in [0.4, 0.5) is 5.69 Å². The van der Waals surface area contributed by atoms with Gasteiger partial charge in [-0.05, 0) is 36.2 Å². The number of nitrogen functional groups attached to an aromatic ring is 1. The van der Waals surface area contributed by atoms with E-state index in [1.165, 1.54) is 6.33 Å². The molecule has 0 aliphatic carbocycles. The van der Waals surface area contributed by atoms with Gasteiger partial charge in [0.25, 0.3) is 0 Å². The van der Waals surface area contributed by atoms with E-state index in [0.717, 1.165) is 28.6 Å². The zero-order valence-electron chi connectivity index (χ0n) is 11.2. The molecule has 0 unspecified atom stereocenters. The molecular formula is C16H15N3O. The molecule has 0 bridgehead atoms. The summed E-state index contributed by atoms with van der Waals surface area (Å²) in [6.45, 7) is 2.10. The van der Waals surface area contributed by atoms with Crippen LogP contribution in [0, 0.1) is 0 Å². The van der Waals surface area contributed by atoms with E-state index in [9.17, 15) is 0 Å². The normalized spacial score (nSPS) is 10.7. The van der Waals surface area contributed by atoms with Gasteiger partial charge in [-0.3, -0.25) is 0 Å². The summed E-state index contributed by atoms with van der Waals surface area (Å²) in [4.78, 5) is 8.45. The number of benzene rings is 2. The van der Waals surface area contributed by atoms with E-state index in [-0.39, 0.29) is 0 Å². The molecule has 0 radical (unpaired) electrons. The van der Waals surface area contributed by atoms with Crippen molar-refractivity contribution in [1.82, 2.24) is 9.97 Å². The minimum atomic E-state index is 0.552. The van der Waals surface area contributed by atoms with Gasteiger partial charge in [0.1, 0.15) is 12.1 Å². The lowest BCUT2D eigenvalue weighted by atomic mass is 10.1. The maximum absolute atomic E-state index is 5.96. The van der Waals surface area contributed by atoms with Gasteiger partial charge in [0.15, 0.2) is 0 Å². The predicted octanol–water partition coefficient (Wildman–Crippen LogP) is 3.57. The highest BCUT2D eigenvalue weighted by atomic mass is 16.5. The van der Waals surface area contributed by atoms with Gasteiger partial charge >= 0.3 is 0 Å². The first kappa shape index (κ1) is 12.4. The summed E-state index contributed by atoms with van der Waals surface area (Å²) in [6, 6.07) is 13.5. The molecule has 100 valence electrons. The van der Waals surface area contributed by atoms with Crippen molar-refractivity contribution in [3.8, 4) is 11.6 Å². The zero-order chi connectivity index (χ0) is 13.9. The highest BCUT2D eigenvalue weighted by molar-refractivity contribution is 5.86. The summed E-state index contributed by atoms with van der Waals surface area (Å²) in [6.07, 6.45) is 2.40. The van der Waals surface area contributed by atoms with Crippen LogP contribution < -0.4 is 10.5 Å². The number of hydrogen-bond donors (Lipinski definition) is 1. The number of ether oxygens (including phenoxy) is 1. The molecule has 20 heavy (non-hydrogen) atoms. The maximum atomic E-state index is 5.96. The third-order valence-electron chi connectivity index (χ3n) is 3.18. The standard InChI is InChI=1S/C16H15N3O/c1-2-11-5-3-4-6-15(11)20-16-13-8-7-12(17)9-14(13)18-10-19-16/h3-10H,2,17H2,1H3. The lowest BCUT2D eigenvalue weighted by molar-refractivity contribution is 0.463. The van der Waals surface area contributed by atoms with Crippen LogP contribution in [-0.2, 0) is 6.42 Å². The average molecular weight is 265 g/mol. The number of aryl methyl sites for hydroxylation is 1. The minimum Gasteiger partial charge on any atom is -0.438 e. The van der Waals surface area contributed by atoms with Gasteiger partial charge < -0.3 is 10.5 Å². The topological polar surface area (TPSA) is 61.0 Å². The number of anilines is 1. The molecule has 0 aliphatic heterocycles. The van der Waals surface area contributed by atoms with E-state index in [2.05, 4.69) is 23.0 Å². The molecule has 0 saturated heterocycles. The number of aromatic nitrogens is 2. The van der Waals surface area contributed by atoms with Crippen LogP contribution in [-0.4, -0.2) is 9.97 Å². The van der Waals surface area contributed by atoms with Crippen molar-refractivity contribution in [2.45, 2.75) is 13.3 Å². The van der Waals surface area contributed by atoms with Crippen molar-refractivity contribution in [3.05, 3.63) is 54.4 Å². The predicted molar refractivity (Wildman–Crippen MR) is 79.8 cm³/mol. The second kappa shape index (κ2) is 5.17. The number of nitrogens with two attached hydrogens (primary N) is 1. The molecule has 0 spiro atoms. The van der Waals surface area contributed by atoms with E-state index in [1.54, 1.807) is 0 Å². The Hall–Kier alpha value is -2.62. The molecule has 0 fully saturated rings. The average Bonchev–Trinajstić information content (AvgIpc) is 2.47. The van der Waals surface area contributed by atoms with Crippen LogP contribution in [0.15, 0.2) is 48.8 Å². The van der Waals surface area contributed by atoms with Gasteiger partial charge in [-0.15, -0.1) is 0 Å². The molecule has 0 atom stereocenters. The molecule has 3 aromatic rings. The summed E-state index contributed by atoms with van der Waals surface area (Å²) >= 11 is 0. The van der Waals surface area contributed by atoms with Crippen LogP contribution >= 0.6 is 0 Å². The van der Waals surface area contributed by atoms with Crippen molar-refractivity contribution >= 4 is 16.6 Å². The Morgan fingerprint density at radius 1 is 1.10 bits per heavy atom. The molecule has 2 N–H and O–H groups in total. The Kier molecular flexibility index (Phi) is 3.21. The van der Waals surface area contributed by atoms with Gasteiger partial charge in [0, 0.05) is 5.69 Å². The SMILES string of the molecule is CCc1ccccc1Oc1ncnc2cc(N)ccc12. The highest BCUT2D eigenvalue weighted by Gasteiger charge is 2.08. The Balaban J connectivity index is 2.07. The molecule has 4 nitrogen and oxygen atoms in total. The summed E-state index contributed by atoms with van der Waals surface area (Å²) < 4.78 is 5.96. The number of hydrogen-bond acceptors (Lipinski definition) is 4. The molecule has 1 aromatic heterocycles. The van der Waals surface area contributed by atoms with Crippen molar-refractivity contribution in [3.63, 3.8) is 0 Å². The molecule has 0 amide bonds. The van der Waals surface area contributed by atoms with Crippen LogP contribution in [0.5, 0.6) is 11.6 Å². The Labute approximate surface area is 117 Å². The van der Waals surface area contributed by atoms with Gasteiger partial charge in [0.2, 0.25) is 5.88 Å². The lowest BCUT2D eigenvalue weighted by Gasteiger charge is -2.10. The smallest absolute Gasteiger partial charge is 0.230 e. The van der Waals surface area contributed by atoms with Gasteiger partial charge in [-0.1, -0.05) is 25.1 Å². The molecule has 1 heterocycles. The Morgan fingerprint density at radius 3 is 2.80 bits per heavy atom. The lowest BCUT2D eigenvalue weighted by Crippen LogP contribution is -1.95. The fourth-order valence-electron chi connectivity index (χ4n) is 2.13. The van der Waals surface area contributed by atoms with Crippen molar-refractivity contribution in [1.29, 1.82) is 0 Å². The van der Waals surface area contributed by atoms with Gasteiger partial charge in [0.05, 0.1) is 10.9 Å². The fourth-order valence-corrected chi connectivity index (χ4v) is 2.13. The zero-order valence-corrected chi connectivity index (χ0v) is 11.2. The molecule has 3 rings (SSSR count). The molecule has 0 saturated carbocycles. The molecule has 0 aliphatic rings. The van der Waals surface area contributed by atoms with Gasteiger partial charge in [-0.25, -0.2) is 9.97 Å². The minimum absolute atomic E-state index is 0.552. The summed E-state index contributed by atoms with van der Waals surface area (Å²) in [5, 5.41) is 0.854. The van der Waals surface area contributed by atoms with Crippen molar-refractivity contribution in [2.24, 2.45) is 0 Å². The second-order valence-corrected chi connectivity index (χ2v) is 4.52. The van der Waals surface area contributed by atoms with Crippen molar-refractivity contribution < 1.29 is 4.74 Å². The van der Waals surface area contributed by atoms with E-state index < -0.39 is 0 Å². The Bertz CT molecular complexity index is 756. The van der Waals surface area contributed by atoms with E-state index in [0.29, 0.717) is 11.6 Å². The Morgan fingerprint density at radius 2 is 1.95 bits per heavy atom. The summed E-state index contributed by atoms with van der Waals surface area (Å²) in [5.74, 6) is 1.38. The molecule has 4 heteroatoms. The maximum Gasteiger partial charge on any atom is 0.230 e. The first-order chi connectivity index (χ1) is 9.78. The summed E-state index contributed by atoms with van der Waals surface area (Å²) in [5.41, 5.74) is 8.38. The fraction of sp³-hybridized carbons (Fsp3) is 0.125. The highest BCUT2D eigenvalue weighted by Crippen LogP contribution is 2.29. The quantitative estimate of drug-likeness (QED) is 0.735. The number of rotatable bonds is 3. The first-order valence-electron chi connectivity index (χ1n) is 6.54. The number of fused-ring (bicyclic) bond motifs is 1. The number of nitrogens with zero attached hydrogens (tertiary/aromatic N) is 2. The van der Waals surface area contributed by atoms with Crippen LogP contribution in [0.1, 0.15) is 12.5 Å². The van der Waals surface area contributed by atoms with E-state index in [4.69, 9.17) is 10.5 Å². The third-order valence-corrected chi connectivity index (χ3v) is 3.18. The van der Waals surface area contributed by atoms with Gasteiger partial charge in [-0.2, -0.15) is 0 Å². The third kappa shape index (κ3) is 2.28. The second-order valence-electron chi connectivity index (χ2n) is 4.52. The monoisotopic (exact) mass is 265 g/mol. The van der Waals surface area contributed by atoms with Crippen LogP contribution in [0.2, 0.25) is 0 Å². The molecular weight excluding hydrogens is 250 g/mol. The van der Waals surface area contributed by atoms with Crippen LogP contribution in [0.25, 0.3) is 10.9 Å². The van der Waals surface area contributed by atoms with E-state index in [1.807, 2.05) is 36.4 Å². The van der Waals surface area contributed by atoms with Crippen LogP contribution in [0.3, 0.4) is 0 Å².